The molecule has 0 atom stereocenters. The predicted molar refractivity (Wildman–Crippen MR) is 64.4 cm³/mol. The lowest BCUT2D eigenvalue weighted by Gasteiger charge is -2.08. The highest BCUT2D eigenvalue weighted by Gasteiger charge is 2.33. The monoisotopic (exact) mass is 345 g/mol. The molecular formula is C9H4Cl2F3N3O2S. The molecule has 0 fully saturated rings. The van der Waals surface area contributed by atoms with E-state index in [1.54, 1.807) is 0 Å². The molecule has 0 aliphatic rings. The molecule has 0 spiro atoms. The van der Waals surface area contributed by atoms with Gasteiger partial charge in [0, 0.05) is 16.7 Å². The Morgan fingerprint density at radius 3 is 2.40 bits per heavy atom. The largest absolute Gasteiger partial charge is 0.433 e. The van der Waals surface area contributed by atoms with Crippen molar-refractivity contribution in [2.24, 2.45) is 0 Å². The van der Waals surface area contributed by atoms with Gasteiger partial charge < -0.3 is 0 Å². The molecule has 2 aromatic heterocycles. The third kappa shape index (κ3) is 3.22. The van der Waals surface area contributed by atoms with E-state index in [-0.39, 0.29) is 10.6 Å². The number of aromatic nitrogens is 3. The van der Waals surface area contributed by atoms with E-state index in [1.165, 1.54) is 0 Å². The van der Waals surface area contributed by atoms with Gasteiger partial charge in [0.1, 0.15) is 15.7 Å². The molecule has 0 unspecified atom stereocenters. The van der Waals surface area contributed by atoms with E-state index in [9.17, 15) is 21.6 Å². The van der Waals surface area contributed by atoms with Gasteiger partial charge in [-0.05, 0) is 6.07 Å². The highest BCUT2D eigenvalue weighted by atomic mass is 35.7. The molecule has 0 aliphatic carbocycles. The van der Waals surface area contributed by atoms with Crippen molar-refractivity contribution in [3.05, 3.63) is 35.4 Å². The number of nitrogens with zero attached hydrogens (tertiary/aromatic N) is 3. The minimum atomic E-state index is -4.69. The molecule has 20 heavy (non-hydrogen) atoms. The van der Waals surface area contributed by atoms with E-state index in [1.807, 2.05) is 0 Å². The van der Waals surface area contributed by atoms with Crippen LogP contribution in [0.3, 0.4) is 0 Å². The molecule has 0 saturated heterocycles. The van der Waals surface area contributed by atoms with Crippen LogP contribution in [0.15, 0.2) is 29.4 Å². The maximum absolute atomic E-state index is 12.6. The zero-order chi connectivity index (χ0) is 15.1. The van der Waals surface area contributed by atoms with E-state index in [4.69, 9.17) is 22.3 Å². The quantitative estimate of drug-likeness (QED) is 0.620. The van der Waals surface area contributed by atoms with Crippen molar-refractivity contribution in [3.63, 3.8) is 0 Å². The van der Waals surface area contributed by atoms with Crippen molar-refractivity contribution in [3.8, 4) is 5.69 Å². The van der Waals surface area contributed by atoms with Crippen LogP contribution >= 0.6 is 22.3 Å². The minimum absolute atomic E-state index is 0.0936. The Balaban J connectivity index is 2.53. The Morgan fingerprint density at radius 2 is 1.90 bits per heavy atom. The summed E-state index contributed by atoms with van der Waals surface area (Å²) < 4.78 is 60.8. The molecule has 11 heteroatoms. The van der Waals surface area contributed by atoms with E-state index in [0.29, 0.717) is 6.07 Å². The van der Waals surface area contributed by atoms with Gasteiger partial charge in [-0.3, -0.25) is 0 Å². The van der Waals surface area contributed by atoms with Gasteiger partial charge in [0.25, 0.3) is 9.05 Å². The fraction of sp³-hybridized carbons (Fsp3) is 0.111. The first-order valence-corrected chi connectivity index (χ1v) is 7.50. The van der Waals surface area contributed by atoms with Crippen LogP contribution in [0.5, 0.6) is 0 Å². The Bertz CT molecular complexity index is 758. The highest BCUT2D eigenvalue weighted by molar-refractivity contribution is 8.13. The fourth-order valence-electron chi connectivity index (χ4n) is 1.33. The predicted octanol–water partition coefficient (Wildman–Crippen LogP) is 2.87. The van der Waals surface area contributed by atoms with E-state index in [0.717, 1.165) is 23.1 Å². The first-order chi connectivity index (χ1) is 9.07. The van der Waals surface area contributed by atoms with Gasteiger partial charge in [-0.1, -0.05) is 11.6 Å². The summed E-state index contributed by atoms with van der Waals surface area (Å²) in [4.78, 5) is 2.79. The summed E-state index contributed by atoms with van der Waals surface area (Å²) in [6.45, 7) is 0. The molecule has 5 nitrogen and oxygen atoms in total. The normalized spacial score (nSPS) is 12.7. The summed E-state index contributed by atoms with van der Waals surface area (Å²) in [6.07, 6.45) is -2.81. The number of hydrogen-bond donors (Lipinski definition) is 0. The summed E-state index contributed by atoms with van der Waals surface area (Å²) in [5.41, 5.74) is -1.31. The Labute approximate surface area is 120 Å². The van der Waals surface area contributed by atoms with Gasteiger partial charge in [-0.15, -0.1) is 0 Å². The number of halogens is 5. The van der Waals surface area contributed by atoms with Gasteiger partial charge in [-0.2, -0.15) is 18.3 Å². The molecule has 2 aromatic rings. The summed E-state index contributed by atoms with van der Waals surface area (Å²) in [6, 6.07) is 1.79. The second-order valence-corrected chi connectivity index (χ2v) is 6.54. The Morgan fingerprint density at radius 1 is 1.25 bits per heavy atom. The average molecular weight is 346 g/mol. The van der Waals surface area contributed by atoms with E-state index in [2.05, 4.69) is 10.1 Å². The van der Waals surface area contributed by atoms with Crippen molar-refractivity contribution in [1.82, 2.24) is 14.8 Å². The molecule has 108 valence electrons. The summed E-state index contributed by atoms with van der Waals surface area (Å²) >= 11 is 5.51. The third-order valence-corrected chi connectivity index (χ3v) is 3.68. The SMILES string of the molecule is O=S(=O)(Cl)c1cnn(-c2cc(Cl)nc(C(F)(F)F)c2)c1. The van der Waals surface area contributed by atoms with Crippen LogP contribution in [0.25, 0.3) is 5.69 Å². The van der Waals surface area contributed by atoms with Crippen LogP contribution in [-0.2, 0) is 15.2 Å². The van der Waals surface area contributed by atoms with Crippen molar-refractivity contribution in [2.75, 3.05) is 0 Å². The molecular weight excluding hydrogens is 342 g/mol. The number of pyridine rings is 1. The Kier molecular flexibility index (Phi) is 3.69. The highest BCUT2D eigenvalue weighted by Crippen LogP contribution is 2.30. The second kappa shape index (κ2) is 4.90. The van der Waals surface area contributed by atoms with Crippen LogP contribution in [0.4, 0.5) is 13.2 Å². The molecule has 0 aromatic carbocycles. The van der Waals surface area contributed by atoms with Crippen LogP contribution in [0.2, 0.25) is 5.15 Å². The minimum Gasteiger partial charge on any atom is -0.239 e. The third-order valence-electron chi connectivity index (χ3n) is 2.17. The van der Waals surface area contributed by atoms with Gasteiger partial charge in [-0.25, -0.2) is 18.1 Å². The van der Waals surface area contributed by atoms with Crippen LogP contribution < -0.4 is 0 Å². The molecule has 0 amide bonds. The standard InChI is InChI=1S/C9H4Cl2F3N3O2S/c10-8-2-5(1-7(16-8)9(12,13)14)17-4-6(3-15-17)20(11,18)19/h1-4H. The summed E-state index contributed by atoms with van der Waals surface area (Å²) in [7, 11) is 1.07. The number of rotatable bonds is 2. The van der Waals surface area contributed by atoms with Gasteiger partial charge in [0.2, 0.25) is 0 Å². The number of alkyl halides is 3. The zero-order valence-corrected chi connectivity index (χ0v) is 11.6. The lowest BCUT2D eigenvalue weighted by Crippen LogP contribution is -2.09. The molecule has 2 heterocycles. The lowest BCUT2D eigenvalue weighted by molar-refractivity contribution is -0.141. The maximum Gasteiger partial charge on any atom is 0.433 e. The smallest absolute Gasteiger partial charge is 0.239 e. The molecule has 0 aliphatic heterocycles. The first kappa shape index (κ1) is 15.1. The van der Waals surface area contributed by atoms with Crippen LogP contribution in [-0.4, -0.2) is 23.2 Å². The van der Waals surface area contributed by atoms with Gasteiger partial charge in [0.15, 0.2) is 0 Å². The van der Waals surface area contributed by atoms with Crippen molar-refractivity contribution < 1.29 is 21.6 Å². The van der Waals surface area contributed by atoms with Crippen molar-refractivity contribution in [1.29, 1.82) is 0 Å². The van der Waals surface area contributed by atoms with E-state index < -0.39 is 26.1 Å². The summed E-state index contributed by atoms with van der Waals surface area (Å²) in [5, 5.41) is 3.21. The molecule has 0 radical (unpaired) electrons. The van der Waals surface area contributed by atoms with E-state index >= 15 is 0 Å². The Hall–Kier alpha value is -1.32. The molecule has 2 rings (SSSR count). The molecule has 0 saturated carbocycles. The molecule has 0 N–H and O–H groups in total. The van der Waals surface area contributed by atoms with Gasteiger partial charge >= 0.3 is 6.18 Å². The average Bonchev–Trinajstić information content (AvgIpc) is 2.75. The van der Waals surface area contributed by atoms with Crippen molar-refractivity contribution in [2.45, 2.75) is 11.1 Å². The number of hydrogen-bond acceptors (Lipinski definition) is 4. The first-order valence-electron chi connectivity index (χ1n) is 4.82. The molecule has 0 bridgehead atoms. The summed E-state index contributed by atoms with van der Waals surface area (Å²) in [5.74, 6) is 0. The lowest BCUT2D eigenvalue weighted by atomic mass is 10.3. The van der Waals surface area contributed by atoms with Gasteiger partial charge in [0.05, 0.1) is 18.1 Å². The van der Waals surface area contributed by atoms with Crippen molar-refractivity contribution >= 4 is 31.3 Å². The topological polar surface area (TPSA) is 64.8 Å². The maximum atomic E-state index is 12.6. The second-order valence-electron chi connectivity index (χ2n) is 3.59. The van der Waals surface area contributed by atoms with Crippen LogP contribution in [0.1, 0.15) is 5.69 Å². The zero-order valence-electron chi connectivity index (χ0n) is 9.27. The fourth-order valence-corrected chi connectivity index (χ4v) is 2.17. The van der Waals surface area contributed by atoms with Crippen LogP contribution in [0, 0.1) is 0 Å².